The molecule has 206 valence electrons. The van der Waals surface area contributed by atoms with E-state index in [1.807, 2.05) is 42.2 Å². The molecule has 8 heteroatoms. The van der Waals surface area contributed by atoms with E-state index in [4.69, 9.17) is 15.2 Å². The standard InChI is InChI=1S/C15H25NO3.C14H20N2O2/c17-12-14(10-13-4-2-1-3-5-13)11-15(18)16-6-8-19-9-7-16;1-10-12(14(10,16-2)13(15)17)9-18-8-11-6-4-3-5-7-11/h12-14H,1-11H2;3-7,10,12,16H,8-9H2,1-2H3,(H2,15,17)/t14-;10?,12?,14-/m10/s1. The normalized spacial score (nSPS) is 26.5. The number of carbonyl (C=O) groups excluding carboxylic acids is 3. The molecule has 1 heterocycles. The van der Waals surface area contributed by atoms with E-state index in [0.717, 1.165) is 18.3 Å². The zero-order valence-electron chi connectivity index (χ0n) is 22.5. The van der Waals surface area contributed by atoms with E-state index < -0.39 is 5.54 Å². The largest absolute Gasteiger partial charge is 0.378 e. The highest BCUT2D eigenvalue weighted by molar-refractivity contribution is 5.89. The minimum atomic E-state index is -0.573. The Balaban J connectivity index is 0.000000206. The molecule has 4 atom stereocenters. The van der Waals surface area contributed by atoms with E-state index in [-0.39, 0.29) is 29.6 Å². The predicted octanol–water partition coefficient (Wildman–Crippen LogP) is 2.93. The summed E-state index contributed by atoms with van der Waals surface area (Å²) in [6, 6.07) is 10.00. The van der Waals surface area contributed by atoms with Crippen LogP contribution >= 0.6 is 0 Å². The van der Waals surface area contributed by atoms with Crippen molar-refractivity contribution in [3.8, 4) is 0 Å². The topological polar surface area (TPSA) is 111 Å². The number of rotatable bonds is 11. The molecule has 1 aliphatic heterocycles. The van der Waals surface area contributed by atoms with Crippen molar-refractivity contribution in [2.75, 3.05) is 40.0 Å². The van der Waals surface area contributed by atoms with Crippen LogP contribution in [0.15, 0.2) is 30.3 Å². The number of primary amides is 1. The van der Waals surface area contributed by atoms with Crippen LogP contribution in [0.1, 0.15) is 57.4 Å². The lowest BCUT2D eigenvalue weighted by Crippen LogP contribution is -2.45. The smallest absolute Gasteiger partial charge is 0.238 e. The fraction of sp³-hybridized carbons (Fsp3) is 0.690. The van der Waals surface area contributed by atoms with Gasteiger partial charge >= 0.3 is 0 Å². The van der Waals surface area contributed by atoms with Gasteiger partial charge in [0.25, 0.3) is 0 Å². The van der Waals surface area contributed by atoms with E-state index in [2.05, 4.69) is 5.32 Å². The number of hydrogen-bond donors (Lipinski definition) is 2. The van der Waals surface area contributed by atoms with Gasteiger partial charge in [-0.25, -0.2) is 0 Å². The van der Waals surface area contributed by atoms with E-state index in [9.17, 15) is 14.4 Å². The third-order valence-corrected chi connectivity index (χ3v) is 8.38. The number of nitrogens with zero attached hydrogens (tertiary/aromatic N) is 1. The number of carbonyl (C=O) groups is 3. The van der Waals surface area contributed by atoms with Crippen molar-refractivity contribution in [2.24, 2.45) is 29.4 Å². The van der Waals surface area contributed by atoms with Crippen molar-refractivity contribution in [1.29, 1.82) is 0 Å². The number of ether oxygens (including phenoxy) is 2. The highest BCUT2D eigenvalue weighted by Crippen LogP contribution is 2.49. The first-order valence-electron chi connectivity index (χ1n) is 13.8. The Labute approximate surface area is 221 Å². The first kappa shape index (κ1) is 29.3. The number of hydrogen-bond acceptors (Lipinski definition) is 6. The van der Waals surface area contributed by atoms with E-state index in [1.54, 1.807) is 7.05 Å². The van der Waals surface area contributed by atoms with E-state index in [1.165, 1.54) is 32.1 Å². The van der Waals surface area contributed by atoms with Gasteiger partial charge in [-0.2, -0.15) is 0 Å². The van der Waals surface area contributed by atoms with Gasteiger partial charge < -0.3 is 30.2 Å². The van der Waals surface area contributed by atoms with Crippen molar-refractivity contribution < 1.29 is 23.9 Å². The summed E-state index contributed by atoms with van der Waals surface area (Å²) in [6.07, 6.45) is 8.65. The van der Waals surface area contributed by atoms with Gasteiger partial charge in [0.05, 0.1) is 26.4 Å². The number of aldehydes is 1. The maximum Gasteiger partial charge on any atom is 0.238 e. The summed E-state index contributed by atoms with van der Waals surface area (Å²) < 4.78 is 10.9. The van der Waals surface area contributed by atoms with Gasteiger partial charge in [0, 0.05) is 31.3 Å². The minimum Gasteiger partial charge on any atom is -0.378 e. The van der Waals surface area contributed by atoms with Crippen LogP contribution in [0.3, 0.4) is 0 Å². The number of likely N-dealkylation sites (N-methyl/N-ethyl adjacent to an activating group) is 1. The molecule has 0 bridgehead atoms. The lowest BCUT2D eigenvalue weighted by molar-refractivity contribution is -0.137. The molecule has 37 heavy (non-hydrogen) atoms. The van der Waals surface area contributed by atoms with Crippen molar-refractivity contribution >= 4 is 18.1 Å². The minimum absolute atomic E-state index is 0.0848. The van der Waals surface area contributed by atoms with Crippen molar-refractivity contribution in [2.45, 2.75) is 64.0 Å². The number of benzene rings is 1. The Hall–Kier alpha value is -2.29. The zero-order chi connectivity index (χ0) is 26.7. The van der Waals surface area contributed by atoms with Gasteiger partial charge in [0.1, 0.15) is 11.8 Å². The molecule has 3 N–H and O–H groups in total. The molecular formula is C29H45N3O5. The Morgan fingerprint density at radius 3 is 2.43 bits per heavy atom. The molecule has 1 saturated heterocycles. The Morgan fingerprint density at radius 2 is 1.86 bits per heavy atom. The maximum absolute atomic E-state index is 12.1. The van der Waals surface area contributed by atoms with Crippen LogP contribution in [0.2, 0.25) is 0 Å². The number of morpholine rings is 1. The van der Waals surface area contributed by atoms with Crippen molar-refractivity contribution in [1.82, 2.24) is 10.2 Å². The van der Waals surface area contributed by atoms with Crippen molar-refractivity contribution in [3.05, 3.63) is 35.9 Å². The zero-order valence-corrected chi connectivity index (χ0v) is 22.5. The van der Waals surface area contributed by atoms with Gasteiger partial charge in [-0.1, -0.05) is 69.4 Å². The van der Waals surface area contributed by atoms with Crippen LogP contribution in [-0.4, -0.2) is 68.5 Å². The summed E-state index contributed by atoms with van der Waals surface area (Å²) in [5.74, 6) is 0.807. The highest BCUT2D eigenvalue weighted by Gasteiger charge is 2.65. The second kappa shape index (κ2) is 14.6. The number of amides is 2. The van der Waals surface area contributed by atoms with Crippen LogP contribution in [-0.2, 0) is 30.5 Å². The van der Waals surface area contributed by atoms with Crippen LogP contribution in [0.25, 0.3) is 0 Å². The van der Waals surface area contributed by atoms with Crippen LogP contribution in [0.4, 0.5) is 0 Å². The molecule has 8 nitrogen and oxygen atoms in total. The summed E-state index contributed by atoms with van der Waals surface area (Å²) in [5.41, 5.74) is 6.02. The Kier molecular flexibility index (Phi) is 11.5. The van der Waals surface area contributed by atoms with E-state index in [0.29, 0.717) is 51.9 Å². The molecular weight excluding hydrogens is 470 g/mol. The summed E-state index contributed by atoms with van der Waals surface area (Å²) in [6.45, 7) is 5.75. The number of nitrogens with one attached hydrogen (secondary N) is 1. The SMILES string of the molecule is CN[C@@]1(C(N)=O)C(C)C1COCc1ccccc1.O=C[C@@H](CC(=O)N1CCOCC1)CC1CCCCC1. The van der Waals surface area contributed by atoms with Crippen LogP contribution < -0.4 is 11.1 Å². The monoisotopic (exact) mass is 515 g/mol. The van der Waals surface area contributed by atoms with Gasteiger partial charge in [0.2, 0.25) is 11.8 Å². The molecule has 1 aromatic carbocycles. The number of nitrogens with two attached hydrogens (primary N) is 1. The third kappa shape index (κ3) is 8.09. The average molecular weight is 516 g/mol. The second-order valence-electron chi connectivity index (χ2n) is 10.7. The van der Waals surface area contributed by atoms with Gasteiger partial charge in [-0.15, -0.1) is 0 Å². The molecule has 0 radical (unpaired) electrons. The molecule has 3 aliphatic rings. The molecule has 3 fully saturated rings. The van der Waals surface area contributed by atoms with Crippen LogP contribution in [0.5, 0.6) is 0 Å². The van der Waals surface area contributed by atoms with Gasteiger partial charge in [-0.05, 0) is 30.9 Å². The molecule has 2 aliphatic carbocycles. The predicted molar refractivity (Wildman–Crippen MR) is 142 cm³/mol. The highest BCUT2D eigenvalue weighted by atomic mass is 16.5. The summed E-state index contributed by atoms with van der Waals surface area (Å²) in [5, 5.41) is 3.05. The van der Waals surface area contributed by atoms with E-state index >= 15 is 0 Å². The average Bonchev–Trinajstić information content (AvgIpc) is 3.53. The Morgan fingerprint density at radius 1 is 1.19 bits per heavy atom. The fourth-order valence-corrected chi connectivity index (χ4v) is 5.95. The summed E-state index contributed by atoms with van der Waals surface area (Å²) in [4.78, 5) is 36.6. The van der Waals surface area contributed by atoms with Crippen LogP contribution in [0, 0.1) is 23.7 Å². The molecule has 1 aromatic rings. The third-order valence-electron chi connectivity index (χ3n) is 8.38. The molecule has 0 spiro atoms. The molecule has 2 amide bonds. The Bertz CT molecular complexity index is 854. The summed E-state index contributed by atoms with van der Waals surface area (Å²) >= 11 is 0. The first-order chi connectivity index (χ1) is 17.9. The van der Waals surface area contributed by atoms with Crippen molar-refractivity contribution in [3.63, 3.8) is 0 Å². The first-order valence-corrected chi connectivity index (χ1v) is 13.8. The molecule has 2 saturated carbocycles. The molecule has 0 aromatic heterocycles. The van der Waals surface area contributed by atoms with Gasteiger partial charge in [0.15, 0.2) is 0 Å². The van der Waals surface area contributed by atoms with Gasteiger partial charge in [-0.3, -0.25) is 9.59 Å². The second-order valence-corrected chi connectivity index (χ2v) is 10.7. The molecule has 4 rings (SSSR count). The fourth-order valence-electron chi connectivity index (χ4n) is 5.95. The quantitative estimate of drug-likeness (QED) is 0.439. The lowest BCUT2D eigenvalue weighted by atomic mass is 9.82. The molecule has 2 unspecified atom stereocenters. The lowest BCUT2D eigenvalue weighted by Gasteiger charge is -2.29. The maximum atomic E-state index is 12.1. The summed E-state index contributed by atoms with van der Waals surface area (Å²) in [7, 11) is 1.78.